The number of phenolic OH excluding ortho intramolecular Hbond substituents is 1. The number of aromatic hydroxyl groups is 1. The third kappa shape index (κ3) is 5.14. The third-order valence-electron chi connectivity index (χ3n) is 7.23. The summed E-state index contributed by atoms with van der Waals surface area (Å²) in [6.45, 7) is 10.5. The van der Waals surface area contributed by atoms with Gasteiger partial charge in [-0.15, -0.1) is 4.40 Å². The molecule has 1 amide bonds. The van der Waals surface area contributed by atoms with Crippen LogP contribution in [0.4, 0.5) is 15.9 Å². The van der Waals surface area contributed by atoms with E-state index in [0.717, 1.165) is 5.56 Å². The summed E-state index contributed by atoms with van der Waals surface area (Å²) in [6.07, 6.45) is 1.26. The highest BCUT2D eigenvalue weighted by Gasteiger charge is 2.41. The van der Waals surface area contributed by atoms with Crippen molar-refractivity contribution in [2.24, 2.45) is 4.40 Å². The largest absolute Gasteiger partial charge is 0.507 e. The Hall–Kier alpha value is -3.64. The number of amides is 1. The third-order valence-corrected chi connectivity index (χ3v) is 8.80. The average Bonchev–Trinajstić information content (AvgIpc) is 2.92. The van der Waals surface area contributed by atoms with Gasteiger partial charge in [0.2, 0.25) is 5.91 Å². The molecule has 0 unspecified atom stereocenters. The summed E-state index contributed by atoms with van der Waals surface area (Å²) in [5, 5.41) is 10.6. The summed E-state index contributed by atoms with van der Waals surface area (Å²) in [7, 11) is -3.91. The molecule has 1 fully saturated rings. The van der Waals surface area contributed by atoms with Gasteiger partial charge in [-0.2, -0.15) is 0 Å². The smallest absolute Gasteiger partial charge is 0.246 e. The van der Waals surface area contributed by atoms with Crippen LogP contribution in [-0.2, 0) is 4.79 Å². The van der Waals surface area contributed by atoms with E-state index in [-0.39, 0.29) is 51.5 Å². The quantitative estimate of drug-likeness (QED) is 0.291. The fourth-order valence-electron chi connectivity index (χ4n) is 5.26. The molecule has 0 spiro atoms. The molecular weight excluding hydrogens is 569 g/mol. The molecule has 0 radical (unpaired) electrons. The van der Waals surface area contributed by atoms with E-state index < -0.39 is 16.8 Å². The van der Waals surface area contributed by atoms with Crippen LogP contribution in [0.25, 0.3) is 11.3 Å². The lowest BCUT2D eigenvalue weighted by molar-refractivity contribution is -0.128. The van der Waals surface area contributed by atoms with Crippen LogP contribution >= 0.6 is 22.6 Å². The van der Waals surface area contributed by atoms with Crippen LogP contribution in [0.1, 0.15) is 37.8 Å². The Morgan fingerprint density at radius 3 is 2.59 bits per heavy atom. The number of aromatic nitrogens is 1. The highest BCUT2D eigenvalue weighted by Crippen LogP contribution is 2.58. The van der Waals surface area contributed by atoms with Gasteiger partial charge >= 0.3 is 0 Å². The van der Waals surface area contributed by atoms with Crippen molar-refractivity contribution in [3.63, 3.8) is 0 Å². The lowest BCUT2D eigenvalue weighted by atomic mass is 10.0. The molecule has 5 rings (SSSR count). The Morgan fingerprint density at radius 2 is 1.93 bits per heavy atom. The molecule has 9 nitrogen and oxygen atoms in total. The molecule has 3 heterocycles. The van der Waals surface area contributed by atoms with Crippen molar-refractivity contribution >= 4 is 45.8 Å². The number of piperazine rings is 1. The van der Waals surface area contributed by atoms with Crippen LogP contribution in [0, 0.1) is 5.82 Å². The second-order valence-electron chi connectivity index (χ2n) is 10.3. The molecule has 3 N–H and O–H groups in total. The number of amidine groups is 1. The Labute approximate surface area is 244 Å². The normalized spacial score (nSPS) is 19.1. The molecule has 1 saturated heterocycles. The molecule has 216 valence electrons. The van der Waals surface area contributed by atoms with Gasteiger partial charge in [-0.1, -0.05) is 56.3 Å². The van der Waals surface area contributed by atoms with Gasteiger partial charge in [0.15, 0.2) is 11.7 Å². The van der Waals surface area contributed by atoms with Crippen molar-refractivity contribution in [2.45, 2.75) is 32.7 Å². The van der Waals surface area contributed by atoms with Gasteiger partial charge in [0.1, 0.15) is 11.6 Å². The van der Waals surface area contributed by atoms with Crippen molar-refractivity contribution < 1.29 is 23.4 Å². The number of carbonyl (C=O) groups is 1. The van der Waals surface area contributed by atoms with Crippen molar-refractivity contribution in [3.8, 4) is 17.0 Å². The van der Waals surface area contributed by atoms with E-state index >= 15 is 4.39 Å². The molecule has 12 heteroatoms. The molecule has 3 aromatic rings. The van der Waals surface area contributed by atoms with Gasteiger partial charge in [0, 0.05) is 25.7 Å². The number of carbonyl (C=O) groups excluding carboxylic acids is 1. The molecule has 2 aromatic carbocycles. The molecule has 1 aromatic heterocycles. The van der Waals surface area contributed by atoms with Gasteiger partial charge in [-0.05, 0) is 59.7 Å². The first-order chi connectivity index (χ1) is 19.4. The number of rotatable bonds is 4. The summed E-state index contributed by atoms with van der Waals surface area (Å²) in [4.78, 5) is 20.5. The summed E-state index contributed by atoms with van der Waals surface area (Å²) in [6, 6.07) is 12.4. The molecule has 0 aliphatic carbocycles. The number of para-hydroxylation sites is 1. The maximum Gasteiger partial charge on any atom is 0.246 e. The first-order valence-electron chi connectivity index (χ1n) is 13.1. The van der Waals surface area contributed by atoms with E-state index in [4.69, 9.17) is 16.6 Å². The van der Waals surface area contributed by atoms with Crippen molar-refractivity contribution in [2.75, 3.05) is 23.9 Å². The van der Waals surface area contributed by atoms with Crippen molar-refractivity contribution in [1.29, 1.82) is 0 Å². The molecule has 1 atom stereocenters. The van der Waals surface area contributed by atoms with Crippen LogP contribution in [0.3, 0.4) is 0 Å². The number of benzene rings is 2. The van der Waals surface area contributed by atoms with E-state index in [1.165, 1.54) is 28.6 Å². The lowest BCUT2D eigenvalue weighted by Crippen LogP contribution is -2.56. The number of hydrogen-bond donors (Lipinski definition) is 3. The van der Waals surface area contributed by atoms with Crippen LogP contribution in [0.5, 0.6) is 5.75 Å². The molecule has 0 bridgehead atoms. The second kappa shape index (κ2) is 11.0. The van der Waals surface area contributed by atoms with Gasteiger partial charge in [-0.3, -0.25) is 13.9 Å². The number of halogens is 2. The number of hydrogen-bond acceptors (Lipinski definition) is 8. The van der Waals surface area contributed by atoms with Crippen LogP contribution in [0.15, 0.2) is 65.6 Å². The predicted molar refractivity (Wildman–Crippen MR) is 161 cm³/mol. The summed E-state index contributed by atoms with van der Waals surface area (Å²) in [5.41, 5.74) is 1.42. The van der Waals surface area contributed by atoms with Gasteiger partial charge in [-0.25, -0.2) is 13.7 Å². The van der Waals surface area contributed by atoms with Gasteiger partial charge in [0.05, 0.1) is 27.5 Å². The van der Waals surface area contributed by atoms with E-state index in [0.29, 0.717) is 30.9 Å². The SMILES string of the molecule is C=CC(=O)N1CCN(C2=NS(O)(O)N(c3ccccc3C(C)C)c3nc(-c4c(O)cccc4F)c(Cl)cc32)[C@@H](C)C1. The van der Waals surface area contributed by atoms with E-state index in [2.05, 4.69) is 11.0 Å². The molecule has 2 aliphatic rings. The number of anilines is 2. The maximum absolute atomic E-state index is 15.0. The highest BCUT2D eigenvalue weighted by atomic mass is 35.5. The van der Waals surface area contributed by atoms with Crippen LogP contribution in [0.2, 0.25) is 5.02 Å². The Bertz CT molecular complexity index is 1550. The number of fused-ring (bicyclic) bond motifs is 1. The number of phenols is 1. The average molecular weight is 600 g/mol. The Balaban J connectivity index is 1.74. The first-order valence-corrected chi connectivity index (χ1v) is 14.9. The zero-order valence-electron chi connectivity index (χ0n) is 22.8. The molecule has 0 saturated carbocycles. The summed E-state index contributed by atoms with van der Waals surface area (Å²) < 4.78 is 44.0. The van der Waals surface area contributed by atoms with E-state index in [1.807, 2.05) is 37.8 Å². The second-order valence-corrected chi connectivity index (χ2v) is 12.2. The number of pyridine rings is 1. The molecule has 2 aliphatic heterocycles. The fourth-order valence-corrected chi connectivity index (χ4v) is 6.82. The molecular formula is C29H31ClFN5O4S. The van der Waals surface area contributed by atoms with Gasteiger partial charge in [0.25, 0.3) is 0 Å². The number of nitrogens with zero attached hydrogens (tertiary/aromatic N) is 5. The zero-order valence-corrected chi connectivity index (χ0v) is 24.4. The van der Waals surface area contributed by atoms with E-state index in [9.17, 15) is 19.0 Å². The minimum atomic E-state index is -3.91. The first kappa shape index (κ1) is 28.9. The Morgan fingerprint density at radius 1 is 1.20 bits per heavy atom. The monoisotopic (exact) mass is 599 g/mol. The maximum atomic E-state index is 15.0. The standard InChI is InChI=1S/C29H31ClFN5O4S/c1-5-25(38)34-13-14-35(18(4)16-34)29-20-15-21(30)27(26-22(31)10-8-12-24(26)37)32-28(20)36(41(39,40)33-29)23-11-7-6-9-19(23)17(2)3/h5-12,15,17-18,37,39-40H,1,13-14,16H2,2-4H3/t18-/m0/s1. The van der Waals surface area contributed by atoms with Crippen molar-refractivity contribution in [1.82, 2.24) is 14.8 Å². The lowest BCUT2D eigenvalue weighted by Gasteiger charge is -2.48. The summed E-state index contributed by atoms with van der Waals surface area (Å²) in [5.74, 6) is -0.935. The fraction of sp³-hybridized carbons (Fsp3) is 0.276. The minimum absolute atomic E-state index is 0.00751. The Kier molecular flexibility index (Phi) is 7.73. The van der Waals surface area contributed by atoms with E-state index in [1.54, 1.807) is 23.1 Å². The minimum Gasteiger partial charge on any atom is -0.507 e. The van der Waals surface area contributed by atoms with Gasteiger partial charge < -0.3 is 14.9 Å². The summed E-state index contributed by atoms with van der Waals surface area (Å²) >= 11 is 6.70. The molecule has 41 heavy (non-hydrogen) atoms. The van der Waals surface area contributed by atoms with Crippen molar-refractivity contribution in [3.05, 3.63) is 83.2 Å². The van der Waals surface area contributed by atoms with Crippen LogP contribution < -0.4 is 4.31 Å². The highest BCUT2D eigenvalue weighted by molar-refractivity contribution is 8.24. The van der Waals surface area contributed by atoms with Crippen LogP contribution in [-0.4, -0.2) is 66.4 Å². The predicted octanol–water partition coefficient (Wildman–Crippen LogP) is 6.57. The topological polar surface area (TPSA) is 113 Å². The zero-order chi connectivity index (χ0) is 29.6.